The summed E-state index contributed by atoms with van der Waals surface area (Å²) < 4.78 is 0. The van der Waals surface area contributed by atoms with Gasteiger partial charge in [-0.25, -0.2) is 4.79 Å². The van der Waals surface area contributed by atoms with E-state index in [1.54, 1.807) is 0 Å². The minimum Gasteiger partial charge on any atom is -0.481 e. The van der Waals surface area contributed by atoms with E-state index in [1.807, 2.05) is 6.92 Å². The van der Waals surface area contributed by atoms with E-state index in [4.69, 9.17) is 10.2 Å². The lowest BCUT2D eigenvalue weighted by Gasteiger charge is -2.20. The van der Waals surface area contributed by atoms with Crippen LogP contribution >= 0.6 is 0 Å². The second-order valence-electron chi connectivity index (χ2n) is 4.37. The zero-order chi connectivity index (χ0) is 15.7. The van der Waals surface area contributed by atoms with E-state index in [0.717, 1.165) is 0 Å². The third kappa shape index (κ3) is 7.34. The number of amides is 2. The molecule has 0 aromatic carbocycles. The van der Waals surface area contributed by atoms with Crippen molar-refractivity contribution < 1.29 is 29.4 Å². The predicted octanol–water partition coefficient (Wildman–Crippen LogP) is -0.275. The Labute approximate surface area is 116 Å². The minimum absolute atomic E-state index is 0.213. The fourth-order valence-corrected chi connectivity index (χ4v) is 1.60. The van der Waals surface area contributed by atoms with Gasteiger partial charge in [0.2, 0.25) is 11.8 Å². The summed E-state index contributed by atoms with van der Waals surface area (Å²) in [7, 11) is 0. The Bertz CT molecular complexity index is 382. The van der Waals surface area contributed by atoms with Gasteiger partial charge in [-0.05, 0) is 12.8 Å². The van der Waals surface area contributed by atoms with Gasteiger partial charge in [-0.15, -0.1) is 0 Å². The lowest BCUT2D eigenvalue weighted by Crippen LogP contribution is -2.51. The van der Waals surface area contributed by atoms with Crippen molar-refractivity contribution in [1.82, 2.24) is 10.6 Å². The van der Waals surface area contributed by atoms with Gasteiger partial charge in [-0.1, -0.05) is 13.3 Å². The largest absolute Gasteiger partial charge is 0.481 e. The van der Waals surface area contributed by atoms with E-state index >= 15 is 0 Å². The molecule has 4 N–H and O–H groups in total. The van der Waals surface area contributed by atoms with Crippen LogP contribution in [-0.2, 0) is 19.2 Å². The second-order valence-corrected chi connectivity index (χ2v) is 4.37. The normalized spacial score (nSPS) is 13.1. The van der Waals surface area contributed by atoms with Crippen LogP contribution in [0.5, 0.6) is 0 Å². The number of nitrogens with one attached hydrogen (secondary N) is 2. The van der Waals surface area contributed by atoms with Gasteiger partial charge in [0.15, 0.2) is 0 Å². The molecule has 0 bridgehead atoms. The highest BCUT2D eigenvalue weighted by Crippen LogP contribution is 2.02. The Kier molecular flexibility index (Phi) is 7.95. The van der Waals surface area contributed by atoms with Crippen LogP contribution in [-0.4, -0.2) is 46.0 Å². The minimum atomic E-state index is -1.31. The van der Waals surface area contributed by atoms with E-state index in [1.165, 1.54) is 6.92 Å². The number of carbonyl (C=O) groups excluding carboxylic acids is 2. The number of carboxylic acids is 2. The first kappa shape index (κ1) is 17.9. The number of carbonyl (C=O) groups is 4. The second kappa shape index (κ2) is 8.89. The third-order valence-corrected chi connectivity index (χ3v) is 2.53. The van der Waals surface area contributed by atoms with E-state index in [-0.39, 0.29) is 12.8 Å². The maximum atomic E-state index is 11.9. The Morgan fingerprint density at radius 3 is 2.00 bits per heavy atom. The first-order valence-electron chi connectivity index (χ1n) is 6.30. The van der Waals surface area contributed by atoms with E-state index in [0.29, 0.717) is 12.8 Å². The van der Waals surface area contributed by atoms with Gasteiger partial charge in [0.05, 0.1) is 0 Å². The summed E-state index contributed by atoms with van der Waals surface area (Å²) >= 11 is 0. The molecular weight excluding hydrogens is 268 g/mol. The molecule has 0 spiro atoms. The molecule has 8 heteroatoms. The summed E-state index contributed by atoms with van der Waals surface area (Å²) in [5, 5.41) is 22.1. The molecular formula is C12H20N2O6. The van der Waals surface area contributed by atoms with Crippen LogP contribution in [0.15, 0.2) is 0 Å². The summed E-state index contributed by atoms with van der Waals surface area (Å²) in [5.41, 5.74) is 0. The molecule has 20 heavy (non-hydrogen) atoms. The first-order chi connectivity index (χ1) is 9.27. The van der Waals surface area contributed by atoms with Crippen LogP contribution in [0.4, 0.5) is 0 Å². The summed E-state index contributed by atoms with van der Waals surface area (Å²) in [5.74, 6) is -3.47. The molecule has 0 radical (unpaired) electrons. The molecule has 0 aromatic heterocycles. The zero-order valence-electron chi connectivity index (χ0n) is 11.5. The number of hydrogen-bond donors (Lipinski definition) is 4. The summed E-state index contributed by atoms with van der Waals surface area (Å²) in [4.78, 5) is 44.3. The highest BCUT2D eigenvalue weighted by molar-refractivity contribution is 5.90. The molecule has 0 saturated heterocycles. The molecule has 0 fully saturated rings. The molecule has 8 nitrogen and oxygen atoms in total. The molecule has 0 aliphatic heterocycles. The molecule has 0 unspecified atom stereocenters. The van der Waals surface area contributed by atoms with E-state index in [9.17, 15) is 19.2 Å². The van der Waals surface area contributed by atoms with Crippen molar-refractivity contribution in [2.75, 3.05) is 0 Å². The standard InChI is InChI=1S/C12H20N2O6/c1-3-4-8(13-7(2)15)11(18)14-9(12(19)20)5-6-10(16)17/h8-9H,3-6H2,1-2H3,(H,13,15)(H,14,18)(H,16,17)(H,19,20)/t8-,9+/m1/s1. The average molecular weight is 288 g/mol. The molecule has 0 rings (SSSR count). The van der Waals surface area contributed by atoms with Gasteiger partial charge >= 0.3 is 11.9 Å². The van der Waals surface area contributed by atoms with Crippen molar-refractivity contribution in [3.05, 3.63) is 0 Å². The van der Waals surface area contributed by atoms with Crippen LogP contribution in [0.25, 0.3) is 0 Å². The smallest absolute Gasteiger partial charge is 0.326 e. The van der Waals surface area contributed by atoms with Crippen molar-refractivity contribution in [1.29, 1.82) is 0 Å². The Morgan fingerprint density at radius 1 is 1.00 bits per heavy atom. The molecule has 0 aliphatic carbocycles. The lowest BCUT2D eigenvalue weighted by molar-refractivity contribution is -0.143. The van der Waals surface area contributed by atoms with Gasteiger partial charge < -0.3 is 20.8 Å². The van der Waals surface area contributed by atoms with Crippen molar-refractivity contribution in [2.45, 2.75) is 51.6 Å². The van der Waals surface area contributed by atoms with E-state index < -0.39 is 35.8 Å². The van der Waals surface area contributed by atoms with Gasteiger partial charge in [0.25, 0.3) is 0 Å². The van der Waals surface area contributed by atoms with Crippen LogP contribution < -0.4 is 10.6 Å². The Balaban J connectivity index is 4.64. The number of aliphatic carboxylic acids is 2. The molecule has 0 aromatic rings. The first-order valence-corrected chi connectivity index (χ1v) is 6.30. The maximum absolute atomic E-state index is 11.9. The molecule has 0 heterocycles. The fraction of sp³-hybridized carbons (Fsp3) is 0.667. The topological polar surface area (TPSA) is 133 Å². The number of rotatable bonds is 9. The molecule has 0 aliphatic rings. The summed E-state index contributed by atoms with van der Waals surface area (Å²) in [6, 6.07) is -2.10. The molecule has 2 amide bonds. The maximum Gasteiger partial charge on any atom is 0.326 e. The molecule has 0 saturated carbocycles. The Hall–Kier alpha value is -2.12. The SMILES string of the molecule is CCC[C@@H](NC(C)=O)C(=O)N[C@@H](CCC(=O)O)C(=O)O. The third-order valence-electron chi connectivity index (χ3n) is 2.53. The molecule has 114 valence electrons. The summed E-state index contributed by atoms with van der Waals surface area (Å²) in [6.45, 7) is 3.08. The van der Waals surface area contributed by atoms with Crippen molar-refractivity contribution >= 4 is 23.8 Å². The van der Waals surface area contributed by atoms with Gasteiger partial charge in [-0.2, -0.15) is 0 Å². The van der Waals surface area contributed by atoms with Crippen LogP contribution in [0, 0.1) is 0 Å². The average Bonchev–Trinajstić information content (AvgIpc) is 2.32. The lowest BCUT2D eigenvalue weighted by atomic mass is 10.1. The highest BCUT2D eigenvalue weighted by Gasteiger charge is 2.25. The van der Waals surface area contributed by atoms with E-state index in [2.05, 4.69) is 10.6 Å². The monoisotopic (exact) mass is 288 g/mol. The number of carboxylic acid groups (broad SMARTS) is 2. The number of hydrogen-bond acceptors (Lipinski definition) is 4. The predicted molar refractivity (Wildman–Crippen MR) is 68.9 cm³/mol. The van der Waals surface area contributed by atoms with Crippen molar-refractivity contribution in [3.63, 3.8) is 0 Å². The van der Waals surface area contributed by atoms with Gasteiger partial charge in [0, 0.05) is 13.3 Å². The summed E-state index contributed by atoms with van der Waals surface area (Å²) in [6.07, 6.45) is 0.424. The molecule has 2 atom stereocenters. The van der Waals surface area contributed by atoms with Gasteiger partial charge in [-0.3, -0.25) is 14.4 Å². The van der Waals surface area contributed by atoms with Crippen LogP contribution in [0.3, 0.4) is 0 Å². The van der Waals surface area contributed by atoms with Crippen molar-refractivity contribution in [2.24, 2.45) is 0 Å². The van der Waals surface area contributed by atoms with Crippen LogP contribution in [0.2, 0.25) is 0 Å². The highest BCUT2D eigenvalue weighted by atomic mass is 16.4. The van der Waals surface area contributed by atoms with Crippen LogP contribution in [0.1, 0.15) is 39.5 Å². The fourth-order valence-electron chi connectivity index (χ4n) is 1.60. The van der Waals surface area contributed by atoms with Gasteiger partial charge in [0.1, 0.15) is 12.1 Å². The Morgan fingerprint density at radius 2 is 1.60 bits per heavy atom. The quantitative estimate of drug-likeness (QED) is 0.461. The van der Waals surface area contributed by atoms with Crippen molar-refractivity contribution in [3.8, 4) is 0 Å². The zero-order valence-corrected chi connectivity index (χ0v) is 11.5.